The fourth-order valence-corrected chi connectivity index (χ4v) is 4.54. The third-order valence-corrected chi connectivity index (χ3v) is 6.22. The minimum Gasteiger partial charge on any atom is -0.336 e. The quantitative estimate of drug-likeness (QED) is 0.693. The number of nitrogens with two attached hydrogens (primary N) is 1. The summed E-state index contributed by atoms with van der Waals surface area (Å²) in [5.74, 6) is -3.49. The van der Waals surface area contributed by atoms with E-state index in [2.05, 4.69) is 5.32 Å². The van der Waals surface area contributed by atoms with Gasteiger partial charge < -0.3 is 20.9 Å². The van der Waals surface area contributed by atoms with Crippen LogP contribution in [-0.4, -0.2) is 53.0 Å². The van der Waals surface area contributed by atoms with Crippen molar-refractivity contribution in [3.05, 3.63) is 65.0 Å². The summed E-state index contributed by atoms with van der Waals surface area (Å²) in [7, 11) is 0. The second-order valence-corrected chi connectivity index (χ2v) is 8.51. The highest BCUT2D eigenvalue weighted by molar-refractivity contribution is 5.91. The van der Waals surface area contributed by atoms with E-state index in [0.29, 0.717) is 25.6 Å². The number of carbonyl (C=O) groups is 2. The van der Waals surface area contributed by atoms with Gasteiger partial charge in [0.05, 0.1) is 12.1 Å². The Morgan fingerprint density at radius 3 is 2.41 bits per heavy atom. The maximum Gasteiger partial charge on any atom is 0.322 e. The number of benzene rings is 2. The van der Waals surface area contributed by atoms with Crippen molar-refractivity contribution in [3.63, 3.8) is 0 Å². The number of nitrogens with zero attached hydrogens (tertiary/aromatic N) is 2. The van der Waals surface area contributed by atoms with Gasteiger partial charge in [-0.15, -0.1) is 0 Å². The molecule has 0 saturated carbocycles. The Morgan fingerprint density at radius 1 is 1.06 bits per heavy atom. The number of likely N-dealkylation sites (tertiary alicyclic amines) is 2. The van der Waals surface area contributed by atoms with Gasteiger partial charge in [0.15, 0.2) is 11.6 Å². The van der Waals surface area contributed by atoms with Crippen LogP contribution in [-0.2, 0) is 11.2 Å². The summed E-state index contributed by atoms with van der Waals surface area (Å²) in [6, 6.07) is 7.68. The molecule has 9 heteroatoms. The molecule has 32 heavy (non-hydrogen) atoms. The van der Waals surface area contributed by atoms with Crippen molar-refractivity contribution >= 4 is 17.6 Å². The predicted octanol–water partition coefficient (Wildman–Crippen LogP) is 3.19. The van der Waals surface area contributed by atoms with E-state index in [0.717, 1.165) is 17.3 Å². The van der Waals surface area contributed by atoms with Crippen molar-refractivity contribution in [1.29, 1.82) is 0 Å². The Labute approximate surface area is 184 Å². The highest BCUT2D eigenvalue weighted by Gasteiger charge is 2.47. The van der Waals surface area contributed by atoms with Crippen molar-refractivity contribution < 1.29 is 22.8 Å². The maximum absolute atomic E-state index is 13.9. The first kappa shape index (κ1) is 22.1. The zero-order chi connectivity index (χ0) is 23.0. The number of piperazine rings is 1. The molecule has 3 N–H and O–H groups in total. The van der Waals surface area contributed by atoms with E-state index in [-0.39, 0.29) is 42.4 Å². The van der Waals surface area contributed by atoms with E-state index in [1.165, 1.54) is 0 Å². The van der Waals surface area contributed by atoms with Gasteiger partial charge in [-0.05, 0) is 43.0 Å². The fraction of sp³-hybridized carbons (Fsp3) is 0.391. The van der Waals surface area contributed by atoms with Crippen molar-refractivity contribution in [2.45, 2.75) is 44.3 Å². The first-order valence-corrected chi connectivity index (χ1v) is 10.5. The number of rotatable bonds is 5. The van der Waals surface area contributed by atoms with E-state index in [9.17, 15) is 22.8 Å². The number of para-hydroxylation sites is 1. The van der Waals surface area contributed by atoms with E-state index in [1.54, 1.807) is 9.80 Å². The summed E-state index contributed by atoms with van der Waals surface area (Å²) >= 11 is 0. The van der Waals surface area contributed by atoms with Crippen LogP contribution >= 0.6 is 0 Å². The van der Waals surface area contributed by atoms with Crippen LogP contribution in [0.4, 0.5) is 23.7 Å². The molecule has 2 fully saturated rings. The smallest absolute Gasteiger partial charge is 0.322 e. The molecule has 0 unspecified atom stereocenters. The lowest BCUT2D eigenvalue weighted by atomic mass is 10.0. The highest BCUT2D eigenvalue weighted by Crippen LogP contribution is 2.32. The van der Waals surface area contributed by atoms with Crippen molar-refractivity contribution in [2.24, 2.45) is 5.73 Å². The molecule has 2 aliphatic heterocycles. The zero-order valence-corrected chi connectivity index (χ0v) is 17.7. The summed E-state index contributed by atoms with van der Waals surface area (Å²) in [6.45, 7) is 2.76. The van der Waals surface area contributed by atoms with Crippen LogP contribution in [0.1, 0.15) is 24.0 Å². The van der Waals surface area contributed by atoms with Crippen LogP contribution in [0.2, 0.25) is 0 Å². The first-order valence-electron chi connectivity index (χ1n) is 10.5. The van der Waals surface area contributed by atoms with E-state index in [1.807, 2.05) is 31.2 Å². The molecule has 2 bridgehead atoms. The topological polar surface area (TPSA) is 78.7 Å². The number of urea groups is 1. The number of anilines is 1. The Balaban J connectivity index is 1.31. The monoisotopic (exact) mass is 446 g/mol. The minimum atomic E-state index is -1.26. The molecule has 3 atom stereocenters. The molecular formula is C23H25F3N4O2. The maximum atomic E-state index is 13.9. The van der Waals surface area contributed by atoms with Crippen molar-refractivity contribution in [1.82, 2.24) is 9.80 Å². The zero-order valence-electron chi connectivity index (χ0n) is 17.7. The molecule has 4 rings (SSSR count). The number of fused-ring (bicyclic) bond motifs is 2. The van der Waals surface area contributed by atoms with E-state index >= 15 is 0 Å². The van der Waals surface area contributed by atoms with Crippen molar-refractivity contribution in [3.8, 4) is 0 Å². The van der Waals surface area contributed by atoms with Crippen LogP contribution in [0.25, 0.3) is 0 Å². The largest absolute Gasteiger partial charge is 0.336 e. The summed E-state index contributed by atoms with van der Waals surface area (Å²) in [6.07, 6.45) is 0.568. The molecule has 0 spiro atoms. The molecule has 2 heterocycles. The lowest BCUT2D eigenvalue weighted by Gasteiger charge is -2.34. The number of aryl methyl sites for hydroxylation is 1. The van der Waals surface area contributed by atoms with Gasteiger partial charge in [0.2, 0.25) is 5.91 Å². The normalized spacial score (nSPS) is 20.5. The Morgan fingerprint density at radius 2 is 1.72 bits per heavy atom. The first-order chi connectivity index (χ1) is 15.2. The summed E-state index contributed by atoms with van der Waals surface area (Å²) in [4.78, 5) is 28.9. The molecular weight excluding hydrogens is 421 g/mol. The minimum absolute atomic E-state index is 0.0446. The van der Waals surface area contributed by atoms with Crippen LogP contribution in [0, 0.1) is 24.4 Å². The van der Waals surface area contributed by atoms with Gasteiger partial charge in [0.1, 0.15) is 5.82 Å². The second-order valence-electron chi connectivity index (χ2n) is 8.51. The second kappa shape index (κ2) is 8.82. The van der Waals surface area contributed by atoms with Crippen LogP contribution in [0.3, 0.4) is 0 Å². The SMILES string of the molecule is Cc1ccccc1NC(=O)N1C[C@@H]2C[C@H]1CN2C(=O)C[C@H](N)Cc1cc(F)c(F)cc1F. The summed E-state index contributed by atoms with van der Waals surface area (Å²) in [5.41, 5.74) is 7.66. The summed E-state index contributed by atoms with van der Waals surface area (Å²) < 4.78 is 40.3. The fourth-order valence-electron chi connectivity index (χ4n) is 4.54. The number of amides is 3. The summed E-state index contributed by atoms with van der Waals surface area (Å²) in [5, 5.41) is 2.93. The molecule has 0 aliphatic carbocycles. The molecule has 2 saturated heterocycles. The van der Waals surface area contributed by atoms with Gasteiger partial charge in [-0.25, -0.2) is 18.0 Å². The Hall–Kier alpha value is -3.07. The average Bonchev–Trinajstić information content (AvgIpc) is 3.35. The van der Waals surface area contributed by atoms with E-state index < -0.39 is 23.5 Å². The van der Waals surface area contributed by atoms with Crippen LogP contribution in [0.15, 0.2) is 36.4 Å². The highest BCUT2D eigenvalue weighted by atomic mass is 19.2. The third-order valence-electron chi connectivity index (χ3n) is 6.22. The Kier molecular flexibility index (Phi) is 6.10. The van der Waals surface area contributed by atoms with Gasteiger partial charge in [-0.3, -0.25) is 4.79 Å². The lowest BCUT2D eigenvalue weighted by molar-refractivity contribution is -0.133. The third kappa shape index (κ3) is 4.43. The lowest BCUT2D eigenvalue weighted by Crippen LogP contribution is -2.52. The average molecular weight is 446 g/mol. The van der Waals surface area contributed by atoms with Gasteiger partial charge in [0, 0.05) is 37.3 Å². The van der Waals surface area contributed by atoms with Crippen LogP contribution in [0.5, 0.6) is 0 Å². The molecule has 2 aliphatic rings. The number of nitrogens with one attached hydrogen (secondary N) is 1. The molecule has 0 aromatic heterocycles. The molecule has 2 aromatic carbocycles. The van der Waals surface area contributed by atoms with Crippen molar-refractivity contribution in [2.75, 3.05) is 18.4 Å². The molecule has 2 aromatic rings. The Bertz CT molecular complexity index is 1050. The molecule has 6 nitrogen and oxygen atoms in total. The number of hydrogen-bond donors (Lipinski definition) is 2. The van der Waals surface area contributed by atoms with Gasteiger partial charge >= 0.3 is 6.03 Å². The van der Waals surface area contributed by atoms with Crippen LogP contribution < -0.4 is 11.1 Å². The van der Waals surface area contributed by atoms with Gasteiger partial charge in [-0.1, -0.05) is 18.2 Å². The standard InChI is InChI=1S/C23H25F3N4O2/c1-13-4-2-3-5-21(13)28-23(32)30-12-16-9-17(30)11-29(16)22(31)8-15(27)6-14-7-19(25)20(26)10-18(14)24/h2-5,7,10,15-17H,6,8-9,11-12,27H2,1H3,(H,28,32)/t15-,16+,17+/m1/s1. The van der Waals surface area contributed by atoms with E-state index in [4.69, 9.17) is 5.73 Å². The number of carbonyl (C=O) groups excluding carboxylic acids is 2. The number of halogens is 3. The molecule has 170 valence electrons. The molecule has 3 amide bonds. The molecule has 0 radical (unpaired) electrons. The van der Waals surface area contributed by atoms with Gasteiger partial charge in [-0.2, -0.15) is 0 Å². The van der Waals surface area contributed by atoms with Gasteiger partial charge in [0.25, 0.3) is 0 Å². The predicted molar refractivity (Wildman–Crippen MR) is 113 cm³/mol. The number of hydrogen-bond acceptors (Lipinski definition) is 3.